The van der Waals surface area contributed by atoms with Crippen LogP contribution in [0.4, 0.5) is 4.79 Å². The molecular weight excluding hydrogens is 276 g/mol. The van der Waals surface area contributed by atoms with Gasteiger partial charge < -0.3 is 15.0 Å². The van der Waals surface area contributed by atoms with Crippen LogP contribution >= 0.6 is 11.3 Å². The van der Waals surface area contributed by atoms with Gasteiger partial charge in [0.15, 0.2) is 0 Å². The highest BCUT2D eigenvalue weighted by atomic mass is 32.1. The average molecular weight is 296 g/mol. The summed E-state index contributed by atoms with van der Waals surface area (Å²) in [5.74, 6) is 0.430. The van der Waals surface area contributed by atoms with E-state index < -0.39 is 0 Å². The van der Waals surface area contributed by atoms with Crippen LogP contribution in [-0.4, -0.2) is 43.6 Å². The van der Waals surface area contributed by atoms with Crippen LogP contribution in [0.5, 0.6) is 0 Å². The Morgan fingerprint density at radius 1 is 1.45 bits per heavy atom. The quantitative estimate of drug-likeness (QED) is 0.931. The zero-order chi connectivity index (χ0) is 14.5. The van der Waals surface area contributed by atoms with Crippen molar-refractivity contribution in [2.75, 3.05) is 26.7 Å². The highest BCUT2D eigenvalue weighted by molar-refractivity contribution is 7.12. The summed E-state index contributed by atoms with van der Waals surface area (Å²) in [6.07, 6.45) is 1.54. The maximum Gasteiger partial charge on any atom is 0.409 e. The van der Waals surface area contributed by atoms with Crippen molar-refractivity contribution in [1.29, 1.82) is 0 Å². The van der Waals surface area contributed by atoms with Crippen LogP contribution in [0.25, 0.3) is 0 Å². The first-order valence-electron chi connectivity index (χ1n) is 6.76. The van der Waals surface area contributed by atoms with Gasteiger partial charge in [0.25, 0.3) is 5.91 Å². The summed E-state index contributed by atoms with van der Waals surface area (Å²) in [5.41, 5.74) is 1.12. The minimum absolute atomic E-state index is 0.00139. The lowest BCUT2D eigenvalue weighted by molar-refractivity contribution is 0.0917. The summed E-state index contributed by atoms with van der Waals surface area (Å²) in [6, 6.07) is 1.90. The Kier molecular flexibility index (Phi) is 5.00. The lowest BCUT2D eigenvalue weighted by Gasteiger charge is -2.30. The number of rotatable bonds is 3. The number of hydrogen-bond donors (Lipinski definition) is 1. The van der Waals surface area contributed by atoms with Crippen molar-refractivity contribution in [3.63, 3.8) is 0 Å². The van der Waals surface area contributed by atoms with Gasteiger partial charge in [0.2, 0.25) is 0 Å². The smallest absolute Gasteiger partial charge is 0.409 e. The number of nitrogens with one attached hydrogen (secondary N) is 1. The van der Waals surface area contributed by atoms with Gasteiger partial charge in [-0.25, -0.2) is 4.79 Å². The molecule has 1 aliphatic heterocycles. The van der Waals surface area contributed by atoms with Crippen LogP contribution in [0, 0.1) is 12.8 Å². The first-order valence-corrected chi connectivity index (χ1v) is 7.64. The Morgan fingerprint density at radius 3 is 2.70 bits per heavy atom. The molecule has 0 aromatic carbocycles. The Labute approximate surface area is 122 Å². The molecule has 0 saturated carbocycles. The molecule has 1 saturated heterocycles. The molecule has 5 nitrogen and oxygen atoms in total. The van der Waals surface area contributed by atoms with Crippen molar-refractivity contribution in [3.8, 4) is 0 Å². The Balaban J connectivity index is 1.73. The van der Waals surface area contributed by atoms with Gasteiger partial charge in [-0.1, -0.05) is 0 Å². The molecule has 1 fully saturated rings. The summed E-state index contributed by atoms with van der Waals surface area (Å²) < 4.78 is 4.70. The van der Waals surface area contributed by atoms with Crippen LogP contribution in [0.1, 0.15) is 28.1 Å². The van der Waals surface area contributed by atoms with Crippen molar-refractivity contribution in [3.05, 3.63) is 21.9 Å². The predicted molar refractivity (Wildman–Crippen MR) is 78.1 cm³/mol. The van der Waals surface area contributed by atoms with Gasteiger partial charge >= 0.3 is 6.09 Å². The van der Waals surface area contributed by atoms with Gasteiger partial charge in [0.05, 0.1) is 12.0 Å². The molecule has 0 atom stereocenters. The molecule has 0 radical (unpaired) electrons. The number of thiophene rings is 1. The first-order chi connectivity index (χ1) is 9.60. The Hall–Kier alpha value is -1.56. The molecule has 2 rings (SSSR count). The van der Waals surface area contributed by atoms with E-state index in [4.69, 9.17) is 4.74 Å². The maximum absolute atomic E-state index is 11.9. The molecule has 0 spiro atoms. The lowest BCUT2D eigenvalue weighted by Crippen LogP contribution is -2.41. The van der Waals surface area contributed by atoms with Crippen LogP contribution in [0.2, 0.25) is 0 Å². The molecule has 1 aromatic heterocycles. The normalized spacial score (nSPS) is 16.0. The number of methoxy groups -OCH3 is 1. The first kappa shape index (κ1) is 14.8. The molecule has 20 heavy (non-hydrogen) atoms. The third-order valence-electron chi connectivity index (χ3n) is 3.55. The minimum Gasteiger partial charge on any atom is -0.453 e. The van der Waals surface area contributed by atoms with Crippen molar-refractivity contribution in [1.82, 2.24) is 10.2 Å². The molecule has 2 heterocycles. The van der Waals surface area contributed by atoms with Gasteiger partial charge in [-0.15, -0.1) is 11.3 Å². The van der Waals surface area contributed by atoms with Gasteiger partial charge in [0, 0.05) is 19.6 Å². The fraction of sp³-hybridized carbons (Fsp3) is 0.571. The molecule has 6 heteroatoms. The van der Waals surface area contributed by atoms with E-state index in [0.717, 1.165) is 23.3 Å². The van der Waals surface area contributed by atoms with E-state index in [-0.39, 0.29) is 12.0 Å². The van der Waals surface area contributed by atoms with Crippen molar-refractivity contribution in [2.45, 2.75) is 19.8 Å². The zero-order valence-corrected chi connectivity index (χ0v) is 12.7. The summed E-state index contributed by atoms with van der Waals surface area (Å²) in [7, 11) is 1.40. The van der Waals surface area contributed by atoms with Gasteiger partial charge in [-0.3, -0.25) is 4.79 Å². The molecule has 2 amide bonds. The highest BCUT2D eigenvalue weighted by Crippen LogP contribution is 2.18. The Bertz CT molecular complexity index is 479. The standard InChI is InChI=1S/C14H20N2O3S/c1-10-7-12(20-9-10)13(17)15-8-11-3-5-16(6-4-11)14(18)19-2/h7,9,11H,3-6,8H2,1-2H3,(H,15,17). The average Bonchev–Trinajstić information content (AvgIpc) is 2.91. The van der Waals surface area contributed by atoms with Crippen molar-refractivity contribution >= 4 is 23.3 Å². The van der Waals surface area contributed by atoms with Gasteiger partial charge in [-0.2, -0.15) is 0 Å². The molecule has 110 valence electrons. The number of amides is 2. The van der Waals surface area contributed by atoms with Crippen molar-refractivity contribution < 1.29 is 14.3 Å². The van der Waals surface area contributed by atoms with Crippen LogP contribution < -0.4 is 5.32 Å². The fourth-order valence-corrected chi connectivity index (χ4v) is 3.14. The number of nitrogens with zero attached hydrogens (tertiary/aromatic N) is 1. The van der Waals surface area contributed by atoms with E-state index in [1.54, 1.807) is 4.90 Å². The van der Waals surface area contributed by atoms with E-state index in [9.17, 15) is 9.59 Å². The second kappa shape index (κ2) is 6.74. The molecule has 1 N–H and O–H groups in total. The number of likely N-dealkylation sites (tertiary alicyclic amines) is 1. The largest absolute Gasteiger partial charge is 0.453 e. The van der Waals surface area contributed by atoms with E-state index >= 15 is 0 Å². The number of carbonyl (C=O) groups excluding carboxylic acids is 2. The lowest BCUT2D eigenvalue weighted by atomic mass is 9.97. The zero-order valence-electron chi connectivity index (χ0n) is 11.8. The molecule has 0 bridgehead atoms. The van der Waals surface area contributed by atoms with E-state index in [2.05, 4.69) is 5.32 Å². The molecule has 0 aliphatic carbocycles. The van der Waals surface area contributed by atoms with Gasteiger partial charge in [-0.05, 0) is 42.7 Å². The fourth-order valence-electron chi connectivity index (χ4n) is 2.32. The van der Waals surface area contributed by atoms with Crippen LogP contribution in [0.15, 0.2) is 11.4 Å². The second-order valence-corrected chi connectivity index (χ2v) is 6.01. The summed E-state index contributed by atoms with van der Waals surface area (Å²) in [5, 5.41) is 4.95. The molecule has 1 aromatic rings. The SMILES string of the molecule is COC(=O)N1CCC(CNC(=O)c2cc(C)cs2)CC1. The number of carbonyl (C=O) groups is 2. The molecule has 0 unspecified atom stereocenters. The maximum atomic E-state index is 11.9. The summed E-state index contributed by atoms with van der Waals surface area (Å²) in [6.45, 7) is 4.05. The topological polar surface area (TPSA) is 58.6 Å². The van der Waals surface area contributed by atoms with Crippen LogP contribution in [0.3, 0.4) is 0 Å². The summed E-state index contributed by atoms with van der Waals surface area (Å²) >= 11 is 1.47. The summed E-state index contributed by atoms with van der Waals surface area (Å²) in [4.78, 5) is 25.8. The van der Waals surface area contributed by atoms with E-state index in [0.29, 0.717) is 25.6 Å². The molecular formula is C14H20N2O3S. The minimum atomic E-state index is -0.262. The van der Waals surface area contributed by atoms with Crippen molar-refractivity contribution in [2.24, 2.45) is 5.92 Å². The van der Waals surface area contributed by atoms with E-state index in [1.165, 1.54) is 18.4 Å². The highest BCUT2D eigenvalue weighted by Gasteiger charge is 2.23. The molecule has 1 aliphatic rings. The number of hydrogen-bond acceptors (Lipinski definition) is 4. The van der Waals surface area contributed by atoms with E-state index in [1.807, 2.05) is 18.4 Å². The Morgan fingerprint density at radius 2 is 2.15 bits per heavy atom. The van der Waals surface area contributed by atoms with Gasteiger partial charge in [0.1, 0.15) is 0 Å². The predicted octanol–water partition coefficient (Wildman–Crippen LogP) is 2.26. The number of aryl methyl sites for hydroxylation is 1. The third kappa shape index (κ3) is 3.72. The number of piperidine rings is 1. The second-order valence-electron chi connectivity index (χ2n) is 5.10. The number of ether oxygens (including phenoxy) is 1. The van der Waals surface area contributed by atoms with Crippen LogP contribution in [-0.2, 0) is 4.74 Å². The monoisotopic (exact) mass is 296 g/mol. The third-order valence-corrected chi connectivity index (χ3v) is 4.60.